The zero-order chi connectivity index (χ0) is 25.9. The molecule has 4 rings (SSSR count). The largest absolute Gasteiger partial charge is 0.495 e. The number of carbonyl (C=O) groups is 1. The van der Waals surface area contributed by atoms with Crippen LogP contribution in [0.15, 0.2) is 88.7 Å². The topological polar surface area (TPSA) is 113 Å². The summed E-state index contributed by atoms with van der Waals surface area (Å²) in [5, 5.41) is 2.99. The maximum Gasteiger partial charge on any atom is 0.244 e. The summed E-state index contributed by atoms with van der Waals surface area (Å²) in [4.78, 5) is 13.6. The third-order valence-electron chi connectivity index (χ3n) is 5.75. The minimum Gasteiger partial charge on any atom is -0.495 e. The number of methoxy groups -OCH3 is 1. The van der Waals surface area contributed by atoms with Crippen LogP contribution in [0.5, 0.6) is 5.75 Å². The molecule has 1 aliphatic rings. The van der Waals surface area contributed by atoms with Crippen molar-refractivity contribution >= 4 is 43.2 Å². The lowest BCUT2D eigenvalue weighted by molar-refractivity contribution is -0.120. The lowest BCUT2D eigenvalue weighted by Gasteiger charge is -2.39. The summed E-state index contributed by atoms with van der Waals surface area (Å²) in [6.45, 7) is -0.709. The normalized spacial score (nSPS) is 17.4. The number of piperazine rings is 1. The van der Waals surface area contributed by atoms with E-state index in [9.17, 15) is 21.6 Å². The second-order valence-corrected chi connectivity index (χ2v) is 12.2. The summed E-state index contributed by atoms with van der Waals surface area (Å²) in [6, 6.07) is 18.7. The molecule has 3 aromatic carbocycles. The highest BCUT2D eigenvalue weighted by Gasteiger charge is 2.43. The molecule has 0 aliphatic carbocycles. The van der Waals surface area contributed by atoms with Crippen LogP contribution in [-0.2, 0) is 24.8 Å². The van der Waals surface area contributed by atoms with Crippen molar-refractivity contribution in [2.75, 3.05) is 32.1 Å². The van der Waals surface area contributed by atoms with E-state index in [0.29, 0.717) is 10.8 Å². The van der Waals surface area contributed by atoms with Gasteiger partial charge in [-0.2, -0.15) is 8.61 Å². The van der Waals surface area contributed by atoms with Crippen LogP contribution < -0.4 is 10.1 Å². The molecule has 0 saturated carbocycles. The van der Waals surface area contributed by atoms with Gasteiger partial charge in [0, 0.05) is 24.7 Å². The number of sulfonamides is 2. The van der Waals surface area contributed by atoms with Crippen molar-refractivity contribution in [3.05, 3.63) is 83.9 Å². The molecule has 3 aromatic rings. The molecule has 0 spiro atoms. The second kappa shape index (κ2) is 10.6. The van der Waals surface area contributed by atoms with Crippen molar-refractivity contribution in [3.63, 3.8) is 0 Å². The molecule has 0 bridgehead atoms. The van der Waals surface area contributed by atoms with E-state index >= 15 is 0 Å². The Bertz CT molecular complexity index is 1450. The number of hydrogen-bond donors (Lipinski definition) is 1. The fourth-order valence-corrected chi connectivity index (χ4v) is 7.15. The summed E-state index contributed by atoms with van der Waals surface area (Å²) < 4.78 is 61.0. The smallest absolute Gasteiger partial charge is 0.244 e. The van der Waals surface area contributed by atoms with Gasteiger partial charge in [0.05, 0.1) is 22.6 Å². The molecule has 190 valence electrons. The monoisotopic (exact) mass is 549 g/mol. The molecule has 1 N–H and O–H groups in total. The van der Waals surface area contributed by atoms with E-state index in [0.717, 1.165) is 8.61 Å². The van der Waals surface area contributed by atoms with Crippen molar-refractivity contribution in [2.45, 2.75) is 15.8 Å². The highest BCUT2D eigenvalue weighted by atomic mass is 35.5. The van der Waals surface area contributed by atoms with Crippen LogP contribution in [-0.4, -0.2) is 64.1 Å². The average molecular weight is 550 g/mol. The Balaban J connectivity index is 1.71. The molecule has 1 heterocycles. The number of halogens is 1. The zero-order valence-electron chi connectivity index (χ0n) is 19.2. The minimum atomic E-state index is -4.11. The molecule has 9 nitrogen and oxygen atoms in total. The third kappa shape index (κ3) is 5.25. The van der Waals surface area contributed by atoms with Gasteiger partial charge in [-0.05, 0) is 42.5 Å². The summed E-state index contributed by atoms with van der Waals surface area (Å²) in [5.74, 6) is -0.405. The van der Waals surface area contributed by atoms with E-state index in [-0.39, 0.29) is 35.1 Å². The summed E-state index contributed by atoms with van der Waals surface area (Å²) in [5.41, 5.74) is 0.232. The number of rotatable bonds is 7. The molecule has 1 fully saturated rings. The highest BCUT2D eigenvalue weighted by molar-refractivity contribution is 7.89. The van der Waals surface area contributed by atoms with Crippen molar-refractivity contribution in [3.8, 4) is 5.75 Å². The van der Waals surface area contributed by atoms with Crippen molar-refractivity contribution in [1.29, 1.82) is 0 Å². The number of amides is 1. The zero-order valence-corrected chi connectivity index (χ0v) is 21.6. The maximum absolute atomic E-state index is 13.5. The number of nitrogens with zero attached hydrogens (tertiary/aromatic N) is 2. The van der Waals surface area contributed by atoms with Crippen LogP contribution in [0.1, 0.15) is 0 Å². The predicted octanol–water partition coefficient (Wildman–Crippen LogP) is 3.05. The van der Waals surface area contributed by atoms with Gasteiger partial charge < -0.3 is 10.1 Å². The van der Waals surface area contributed by atoms with Gasteiger partial charge in [0.1, 0.15) is 11.8 Å². The fraction of sp³-hybridized carbons (Fsp3) is 0.208. The van der Waals surface area contributed by atoms with E-state index in [1.54, 1.807) is 48.5 Å². The van der Waals surface area contributed by atoms with Crippen LogP contribution in [0.4, 0.5) is 5.69 Å². The van der Waals surface area contributed by atoms with Crippen LogP contribution >= 0.6 is 11.6 Å². The molecule has 1 amide bonds. The number of nitrogens with one attached hydrogen (secondary N) is 1. The number of hydrogen-bond acceptors (Lipinski definition) is 6. The van der Waals surface area contributed by atoms with E-state index in [2.05, 4.69) is 5.32 Å². The Morgan fingerprint density at radius 1 is 0.889 bits per heavy atom. The summed E-state index contributed by atoms with van der Waals surface area (Å²) in [6.07, 6.45) is 0. The van der Waals surface area contributed by atoms with Gasteiger partial charge in [-0.1, -0.05) is 48.0 Å². The Labute approximate surface area is 215 Å². The maximum atomic E-state index is 13.5. The molecule has 1 aliphatic heterocycles. The first-order chi connectivity index (χ1) is 17.1. The molecule has 1 saturated heterocycles. The number of ether oxygens (including phenoxy) is 1. The number of carbonyl (C=O) groups excluding carboxylic acids is 1. The second-order valence-electron chi connectivity index (χ2n) is 7.95. The molecule has 1 unspecified atom stereocenters. The molecule has 0 radical (unpaired) electrons. The fourth-order valence-electron chi connectivity index (χ4n) is 3.92. The Kier molecular flexibility index (Phi) is 7.67. The first-order valence-corrected chi connectivity index (χ1v) is 14.2. The number of anilines is 1. The molecular weight excluding hydrogens is 526 g/mol. The van der Waals surface area contributed by atoms with E-state index in [1.807, 2.05) is 0 Å². The minimum absolute atomic E-state index is 0.00232. The highest BCUT2D eigenvalue weighted by Crippen LogP contribution is 2.30. The van der Waals surface area contributed by atoms with Crippen LogP contribution in [0.25, 0.3) is 0 Å². The first kappa shape index (κ1) is 26.1. The van der Waals surface area contributed by atoms with Crippen molar-refractivity contribution in [2.24, 2.45) is 0 Å². The molecule has 0 aromatic heterocycles. The van der Waals surface area contributed by atoms with Gasteiger partial charge in [0.15, 0.2) is 0 Å². The predicted molar refractivity (Wildman–Crippen MR) is 136 cm³/mol. The van der Waals surface area contributed by atoms with Gasteiger partial charge in [0.2, 0.25) is 26.0 Å². The Morgan fingerprint density at radius 2 is 1.47 bits per heavy atom. The number of benzene rings is 3. The van der Waals surface area contributed by atoms with Gasteiger partial charge in [0.25, 0.3) is 0 Å². The Morgan fingerprint density at radius 3 is 2.06 bits per heavy atom. The SMILES string of the molecule is COc1ccc(Cl)cc1NC(=O)C1CN(S(=O)(=O)c2ccccc2)CCN1S(=O)(=O)c1ccccc1. The summed E-state index contributed by atoms with van der Waals surface area (Å²) >= 11 is 6.07. The quantitative estimate of drug-likeness (QED) is 0.484. The van der Waals surface area contributed by atoms with Gasteiger partial charge >= 0.3 is 0 Å². The lowest BCUT2D eigenvalue weighted by Crippen LogP contribution is -2.60. The van der Waals surface area contributed by atoms with Crippen LogP contribution in [0.3, 0.4) is 0 Å². The standard InChI is InChI=1S/C24H24ClN3O6S2/c1-34-23-13-12-18(25)16-21(23)26-24(29)22-17-27(35(30,31)19-8-4-2-5-9-19)14-15-28(22)36(32,33)20-10-6-3-7-11-20/h2-13,16,22H,14-15,17H2,1H3,(H,26,29). The summed E-state index contributed by atoms with van der Waals surface area (Å²) in [7, 11) is -6.66. The van der Waals surface area contributed by atoms with Crippen molar-refractivity contribution < 1.29 is 26.4 Å². The van der Waals surface area contributed by atoms with E-state index < -0.39 is 32.0 Å². The first-order valence-electron chi connectivity index (χ1n) is 10.9. The van der Waals surface area contributed by atoms with Gasteiger partial charge in [-0.15, -0.1) is 0 Å². The Hall–Kier alpha value is -2.96. The third-order valence-corrected chi connectivity index (χ3v) is 9.78. The van der Waals surface area contributed by atoms with E-state index in [4.69, 9.17) is 16.3 Å². The van der Waals surface area contributed by atoms with Gasteiger partial charge in [-0.3, -0.25) is 4.79 Å². The van der Waals surface area contributed by atoms with Crippen LogP contribution in [0, 0.1) is 0 Å². The van der Waals surface area contributed by atoms with Crippen molar-refractivity contribution in [1.82, 2.24) is 8.61 Å². The van der Waals surface area contributed by atoms with Gasteiger partial charge in [-0.25, -0.2) is 16.8 Å². The lowest BCUT2D eigenvalue weighted by atomic mass is 10.2. The molecular formula is C24H24ClN3O6S2. The molecule has 12 heteroatoms. The molecule has 36 heavy (non-hydrogen) atoms. The average Bonchev–Trinajstić information content (AvgIpc) is 2.89. The molecule has 1 atom stereocenters. The van der Waals surface area contributed by atoms with Crippen LogP contribution in [0.2, 0.25) is 5.02 Å². The van der Waals surface area contributed by atoms with E-state index in [1.165, 1.54) is 37.4 Å².